The normalized spacial score (nSPS) is 18.7. The smallest absolute Gasteiger partial charge is 0.193 e. The first kappa shape index (κ1) is 18.5. The molecule has 4 nitrogen and oxygen atoms in total. The van der Waals surface area contributed by atoms with Gasteiger partial charge in [-0.05, 0) is 67.6 Å². The monoisotopic (exact) mass is 429 g/mol. The van der Waals surface area contributed by atoms with Crippen molar-refractivity contribution in [1.29, 1.82) is 0 Å². The predicted octanol–water partition coefficient (Wildman–Crippen LogP) is 3.73. The fourth-order valence-corrected chi connectivity index (χ4v) is 3.31. The standard InChI is InChI=1S/C18H27N3O.HI/c1-22-12-11-18(9-10-18)13-20-17(19)21-16-8-4-6-14-5-2-3-7-15(14)16;/h4,6,8H,2-3,5,7,9-13H2,1H3,(H3,19,20,21);1H. The van der Waals surface area contributed by atoms with E-state index >= 15 is 0 Å². The average Bonchev–Trinajstić information content (AvgIpc) is 3.32. The summed E-state index contributed by atoms with van der Waals surface area (Å²) in [4.78, 5) is 4.58. The molecule has 2 aliphatic carbocycles. The highest BCUT2D eigenvalue weighted by atomic mass is 127. The fourth-order valence-electron chi connectivity index (χ4n) is 3.31. The second kappa shape index (κ2) is 8.33. The molecule has 0 atom stereocenters. The van der Waals surface area contributed by atoms with Crippen molar-refractivity contribution < 1.29 is 4.74 Å². The molecule has 2 aliphatic rings. The summed E-state index contributed by atoms with van der Waals surface area (Å²) in [5, 5.41) is 3.32. The molecule has 5 heteroatoms. The van der Waals surface area contributed by atoms with Crippen molar-refractivity contribution in [2.75, 3.05) is 25.6 Å². The van der Waals surface area contributed by atoms with Crippen LogP contribution >= 0.6 is 24.0 Å². The number of guanidine groups is 1. The summed E-state index contributed by atoms with van der Waals surface area (Å²) in [6.07, 6.45) is 8.46. The van der Waals surface area contributed by atoms with Crippen LogP contribution in [0.2, 0.25) is 0 Å². The Morgan fingerprint density at radius 3 is 2.83 bits per heavy atom. The van der Waals surface area contributed by atoms with E-state index in [0.29, 0.717) is 11.4 Å². The molecule has 0 saturated heterocycles. The molecular formula is C18H28IN3O. The third-order valence-corrected chi connectivity index (χ3v) is 5.04. The van der Waals surface area contributed by atoms with E-state index in [1.54, 1.807) is 7.11 Å². The number of anilines is 1. The number of nitrogens with zero attached hydrogens (tertiary/aromatic N) is 1. The number of methoxy groups -OCH3 is 1. The average molecular weight is 429 g/mol. The number of nitrogens with one attached hydrogen (secondary N) is 1. The van der Waals surface area contributed by atoms with Crippen molar-refractivity contribution in [1.82, 2.24) is 0 Å². The van der Waals surface area contributed by atoms with Crippen LogP contribution in [-0.4, -0.2) is 26.2 Å². The molecule has 3 N–H and O–H groups in total. The summed E-state index contributed by atoms with van der Waals surface area (Å²) in [5.74, 6) is 0.544. The first-order chi connectivity index (χ1) is 10.7. The first-order valence-electron chi connectivity index (χ1n) is 8.39. The Kier molecular flexibility index (Phi) is 6.71. The SMILES string of the molecule is COCCC1(CN=C(N)Nc2cccc3c2CCCC3)CC1.I. The minimum Gasteiger partial charge on any atom is -0.385 e. The molecule has 0 aliphatic heterocycles. The third-order valence-electron chi connectivity index (χ3n) is 5.04. The molecule has 0 unspecified atom stereocenters. The molecular weight excluding hydrogens is 401 g/mol. The van der Waals surface area contributed by atoms with Crippen LogP contribution in [0.25, 0.3) is 0 Å². The van der Waals surface area contributed by atoms with E-state index in [2.05, 4.69) is 28.5 Å². The lowest BCUT2D eigenvalue weighted by Gasteiger charge is -2.20. The highest BCUT2D eigenvalue weighted by molar-refractivity contribution is 14.0. The van der Waals surface area contributed by atoms with Crippen LogP contribution < -0.4 is 11.1 Å². The lowest BCUT2D eigenvalue weighted by Crippen LogP contribution is -2.25. The third kappa shape index (κ3) is 4.83. The number of hydrogen-bond donors (Lipinski definition) is 2. The Balaban J connectivity index is 0.00000192. The molecule has 0 heterocycles. The molecule has 128 valence electrons. The van der Waals surface area contributed by atoms with Crippen molar-refractivity contribution in [3.8, 4) is 0 Å². The predicted molar refractivity (Wildman–Crippen MR) is 107 cm³/mol. The molecule has 0 radical (unpaired) electrons. The summed E-state index contributed by atoms with van der Waals surface area (Å²) in [5.41, 5.74) is 10.5. The van der Waals surface area contributed by atoms with Crippen molar-refractivity contribution in [3.05, 3.63) is 29.3 Å². The molecule has 1 aromatic carbocycles. The van der Waals surface area contributed by atoms with Crippen LogP contribution in [0.15, 0.2) is 23.2 Å². The second-order valence-electron chi connectivity index (χ2n) is 6.72. The summed E-state index contributed by atoms with van der Waals surface area (Å²) in [6.45, 7) is 1.62. The maximum atomic E-state index is 6.11. The van der Waals surface area contributed by atoms with Gasteiger partial charge in [0.05, 0.1) is 0 Å². The molecule has 0 amide bonds. The second-order valence-corrected chi connectivity index (χ2v) is 6.72. The lowest BCUT2D eigenvalue weighted by atomic mass is 9.90. The summed E-state index contributed by atoms with van der Waals surface area (Å²) < 4.78 is 5.19. The van der Waals surface area contributed by atoms with Gasteiger partial charge in [0.25, 0.3) is 0 Å². The number of ether oxygens (including phenoxy) is 1. The summed E-state index contributed by atoms with van der Waals surface area (Å²) in [6, 6.07) is 6.46. The van der Waals surface area contributed by atoms with E-state index in [-0.39, 0.29) is 24.0 Å². The first-order valence-corrected chi connectivity index (χ1v) is 8.39. The van der Waals surface area contributed by atoms with Crippen LogP contribution in [0.3, 0.4) is 0 Å². The Morgan fingerprint density at radius 2 is 2.09 bits per heavy atom. The zero-order valence-corrected chi connectivity index (χ0v) is 16.3. The molecule has 1 fully saturated rings. The van der Waals surface area contributed by atoms with Gasteiger partial charge in [-0.25, -0.2) is 0 Å². The fraction of sp³-hybridized carbons (Fsp3) is 0.611. The topological polar surface area (TPSA) is 59.6 Å². The van der Waals surface area contributed by atoms with Gasteiger partial charge in [-0.15, -0.1) is 24.0 Å². The zero-order chi connectivity index (χ0) is 15.4. The number of halogens is 1. The lowest BCUT2D eigenvalue weighted by molar-refractivity contribution is 0.174. The molecule has 0 bridgehead atoms. The van der Waals surface area contributed by atoms with E-state index < -0.39 is 0 Å². The maximum Gasteiger partial charge on any atom is 0.193 e. The van der Waals surface area contributed by atoms with Crippen molar-refractivity contribution in [2.24, 2.45) is 16.1 Å². The van der Waals surface area contributed by atoms with Gasteiger partial charge in [-0.3, -0.25) is 4.99 Å². The van der Waals surface area contributed by atoms with E-state index in [4.69, 9.17) is 10.5 Å². The number of aliphatic imine (C=N–C) groups is 1. The molecule has 1 saturated carbocycles. The van der Waals surface area contributed by atoms with Crippen molar-refractivity contribution in [2.45, 2.75) is 44.9 Å². The molecule has 1 aromatic rings. The van der Waals surface area contributed by atoms with Gasteiger partial charge in [0.2, 0.25) is 0 Å². The van der Waals surface area contributed by atoms with Crippen LogP contribution in [0.5, 0.6) is 0 Å². The van der Waals surface area contributed by atoms with Crippen LogP contribution in [0.1, 0.15) is 43.2 Å². The van der Waals surface area contributed by atoms with E-state index in [1.807, 2.05) is 0 Å². The van der Waals surface area contributed by atoms with Crippen LogP contribution in [0, 0.1) is 5.41 Å². The number of benzene rings is 1. The van der Waals surface area contributed by atoms with Crippen molar-refractivity contribution >= 4 is 35.6 Å². The Morgan fingerprint density at radius 1 is 1.30 bits per heavy atom. The maximum absolute atomic E-state index is 6.11. The summed E-state index contributed by atoms with van der Waals surface area (Å²) in [7, 11) is 1.76. The molecule has 0 aromatic heterocycles. The van der Waals surface area contributed by atoms with E-state index in [0.717, 1.165) is 31.7 Å². The minimum atomic E-state index is 0. The molecule has 23 heavy (non-hydrogen) atoms. The zero-order valence-electron chi connectivity index (χ0n) is 13.9. The Labute approximate surface area is 156 Å². The Hall–Kier alpha value is -0.820. The summed E-state index contributed by atoms with van der Waals surface area (Å²) >= 11 is 0. The van der Waals surface area contributed by atoms with Gasteiger partial charge in [0.1, 0.15) is 0 Å². The number of nitrogens with two attached hydrogens (primary N) is 1. The Bertz CT molecular complexity index is 555. The van der Waals surface area contributed by atoms with Crippen LogP contribution in [-0.2, 0) is 17.6 Å². The largest absolute Gasteiger partial charge is 0.385 e. The number of fused-ring (bicyclic) bond motifs is 1. The van der Waals surface area contributed by atoms with Crippen molar-refractivity contribution in [3.63, 3.8) is 0 Å². The molecule has 0 spiro atoms. The van der Waals surface area contributed by atoms with Gasteiger partial charge >= 0.3 is 0 Å². The number of rotatable bonds is 6. The highest BCUT2D eigenvalue weighted by Crippen LogP contribution is 2.48. The van der Waals surface area contributed by atoms with Gasteiger partial charge < -0.3 is 15.8 Å². The van der Waals surface area contributed by atoms with E-state index in [9.17, 15) is 0 Å². The van der Waals surface area contributed by atoms with Gasteiger partial charge in [0.15, 0.2) is 5.96 Å². The van der Waals surface area contributed by atoms with Gasteiger partial charge in [-0.1, -0.05) is 12.1 Å². The van der Waals surface area contributed by atoms with Gasteiger partial charge in [-0.2, -0.15) is 0 Å². The highest BCUT2D eigenvalue weighted by Gasteiger charge is 2.41. The quantitative estimate of drug-likeness (QED) is 0.412. The van der Waals surface area contributed by atoms with E-state index in [1.165, 1.54) is 43.2 Å². The number of aryl methyl sites for hydroxylation is 1. The number of hydrogen-bond acceptors (Lipinski definition) is 2. The molecule has 3 rings (SSSR count). The minimum absolute atomic E-state index is 0. The van der Waals surface area contributed by atoms with Gasteiger partial charge in [0, 0.05) is 25.9 Å². The van der Waals surface area contributed by atoms with Crippen LogP contribution in [0.4, 0.5) is 5.69 Å².